The topological polar surface area (TPSA) is 29.1 Å². The first kappa shape index (κ1) is 9.86. The van der Waals surface area contributed by atoms with E-state index in [0.717, 1.165) is 0 Å². The summed E-state index contributed by atoms with van der Waals surface area (Å²) >= 11 is 1.35. The average molecular weight is 221 g/mol. The number of benzene rings is 1. The van der Waals surface area contributed by atoms with Crippen LogP contribution in [0.25, 0.3) is 0 Å². The van der Waals surface area contributed by atoms with Crippen LogP contribution in [-0.2, 0) is 0 Å². The molecule has 4 heteroatoms. The Morgan fingerprint density at radius 1 is 1.27 bits per heavy atom. The second-order valence-corrected chi connectivity index (χ2v) is 3.89. The van der Waals surface area contributed by atoms with Crippen molar-refractivity contribution in [2.45, 2.75) is 0 Å². The Balaban J connectivity index is 2.13. The number of carbonyl (C=O) groups excluding carboxylic acids is 1. The molecule has 1 aromatic carbocycles. The highest BCUT2D eigenvalue weighted by atomic mass is 32.1. The van der Waals surface area contributed by atoms with Gasteiger partial charge in [0.1, 0.15) is 5.82 Å². The summed E-state index contributed by atoms with van der Waals surface area (Å²) in [5, 5.41) is 4.44. The molecular formula is C11H8FNOS. The van der Waals surface area contributed by atoms with E-state index in [1.807, 2.05) is 5.38 Å². The van der Waals surface area contributed by atoms with E-state index < -0.39 is 0 Å². The lowest BCUT2D eigenvalue weighted by atomic mass is 10.3. The molecule has 0 saturated heterocycles. The van der Waals surface area contributed by atoms with Crippen molar-refractivity contribution in [3.05, 3.63) is 52.5 Å². The summed E-state index contributed by atoms with van der Waals surface area (Å²) in [5.74, 6) is -0.574. The van der Waals surface area contributed by atoms with Gasteiger partial charge in [0.05, 0.1) is 4.88 Å². The van der Waals surface area contributed by atoms with E-state index in [4.69, 9.17) is 0 Å². The standard InChI is InChI=1S/C11H8FNOS/c12-8-3-1-4-9(7-8)13-11(14)10-5-2-6-15-10/h1-7H,(H,13,14). The van der Waals surface area contributed by atoms with Crippen LogP contribution in [0.3, 0.4) is 0 Å². The third-order valence-corrected chi connectivity index (χ3v) is 2.70. The first-order valence-electron chi connectivity index (χ1n) is 4.36. The predicted molar refractivity (Wildman–Crippen MR) is 58.7 cm³/mol. The maximum atomic E-state index is 12.8. The van der Waals surface area contributed by atoms with Gasteiger partial charge in [0.15, 0.2) is 0 Å². The van der Waals surface area contributed by atoms with Gasteiger partial charge in [-0.25, -0.2) is 4.39 Å². The van der Waals surface area contributed by atoms with Crippen molar-refractivity contribution in [3.8, 4) is 0 Å². The molecule has 0 radical (unpaired) electrons. The zero-order chi connectivity index (χ0) is 10.7. The van der Waals surface area contributed by atoms with Gasteiger partial charge in [-0.15, -0.1) is 11.3 Å². The molecule has 0 spiro atoms. The minimum Gasteiger partial charge on any atom is -0.321 e. The van der Waals surface area contributed by atoms with Crippen molar-refractivity contribution < 1.29 is 9.18 Å². The highest BCUT2D eigenvalue weighted by Crippen LogP contribution is 2.13. The van der Waals surface area contributed by atoms with E-state index in [-0.39, 0.29) is 11.7 Å². The Bertz CT molecular complexity index is 467. The summed E-state index contributed by atoms with van der Waals surface area (Å²) in [4.78, 5) is 12.2. The molecule has 0 aliphatic heterocycles. The number of amides is 1. The molecule has 15 heavy (non-hydrogen) atoms. The van der Waals surface area contributed by atoms with Crippen LogP contribution < -0.4 is 5.32 Å². The van der Waals surface area contributed by atoms with Crippen LogP contribution >= 0.6 is 11.3 Å². The normalized spacial score (nSPS) is 9.93. The van der Waals surface area contributed by atoms with Crippen LogP contribution in [0, 0.1) is 5.82 Å². The summed E-state index contributed by atoms with van der Waals surface area (Å²) in [6, 6.07) is 9.34. The van der Waals surface area contributed by atoms with Crippen molar-refractivity contribution in [3.63, 3.8) is 0 Å². The summed E-state index contributed by atoms with van der Waals surface area (Å²) in [6.45, 7) is 0. The quantitative estimate of drug-likeness (QED) is 0.829. The molecule has 0 bridgehead atoms. The number of rotatable bonds is 2. The van der Waals surface area contributed by atoms with Gasteiger partial charge in [0.25, 0.3) is 5.91 Å². The van der Waals surface area contributed by atoms with E-state index in [1.165, 1.54) is 23.5 Å². The number of halogens is 1. The summed E-state index contributed by atoms with van der Waals surface area (Å²) < 4.78 is 12.8. The number of hydrogen-bond acceptors (Lipinski definition) is 2. The molecule has 1 amide bonds. The first-order chi connectivity index (χ1) is 7.25. The summed E-state index contributed by atoms with van der Waals surface area (Å²) in [7, 11) is 0. The highest BCUT2D eigenvalue weighted by molar-refractivity contribution is 7.12. The lowest BCUT2D eigenvalue weighted by molar-refractivity contribution is 0.103. The fourth-order valence-electron chi connectivity index (χ4n) is 1.17. The third-order valence-electron chi connectivity index (χ3n) is 1.83. The second-order valence-electron chi connectivity index (χ2n) is 2.94. The molecule has 2 aromatic rings. The molecule has 0 saturated carbocycles. The fraction of sp³-hybridized carbons (Fsp3) is 0. The third kappa shape index (κ3) is 2.41. The molecule has 0 fully saturated rings. The SMILES string of the molecule is O=C(Nc1cccc(F)c1)c1cccs1. The maximum Gasteiger partial charge on any atom is 0.265 e. The lowest BCUT2D eigenvalue weighted by Crippen LogP contribution is -2.09. The van der Waals surface area contributed by atoms with Crippen LogP contribution in [0.4, 0.5) is 10.1 Å². The fourth-order valence-corrected chi connectivity index (χ4v) is 1.79. The molecule has 76 valence electrons. The monoisotopic (exact) mass is 221 g/mol. The Kier molecular flexibility index (Phi) is 2.78. The Labute approximate surface area is 90.4 Å². The maximum absolute atomic E-state index is 12.8. The zero-order valence-electron chi connectivity index (χ0n) is 7.74. The predicted octanol–water partition coefficient (Wildman–Crippen LogP) is 3.14. The van der Waals surface area contributed by atoms with E-state index in [2.05, 4.69) is 5.32 Å². The Hall–Kier alpha value is -1.68. The smallest absolute Gasteiger partial charge is 0.265 e. The van der Waals surface area contributed by atoms with Crippen molar-refractivity contribution in [2.24, 2.45) is 0 Å². The number of hydrogen-bond donors (Lipinski definition) is 1. The van der Waals surface area contributed by atoms with E-state index in [1.54, 1.807) is 24.3 Å². The van der Waals surface area contributed by atoms with Gasteiger partial charge < -0.3 is 5.32 Å². The molecule has 2 nitrogen and oxygen atoms in total. The first-order valence-corrected chi connectivity index (χ1v) is 5.24. The molecule has 1 N–H and O–H groups in total. The minimum absolute atomic E-state index is 0.212. The molecule has 0 atom stereocenters. The zero-order valence-corrected chi connectivity index (χ0v) is 8.55. The number of anilines is 1. The van der Waals surface area contributed by atoms with Crippen LogP contribution in [0.15, 0.2) is 41.8 Å². The van der Waals surface area contributed by atoms with Crippen molar-refractivity contribution in [2.75, 3.05) is 5.32 Å². The molecule has 1 aromatic heterocycles. The van der Waals surface area contributed by atoms with Gasteiger partial charge in [-0.05, 0) is 29.6 Å². The van der Waals surface area contributed by atoms with Crippen LogP contribution in [0.5, 0.6) is 0 Å². The Morgan fingerprint density at radius 3 is 2.80 bits per heavy atom. The molecule has 2 rings (SSSR count). The molecule has 0 unspecified atom stereocenters. The van der Waals surface area contributed by atoms with Gasteiger partial charge in [-0.2, -0.15) is 0 Å². The van der Waals surface area contributed by atoms with E-state index >= 15 is 0 Å². The van der Waals surface area contributed by atoms with Gasteiger partial charge in [-0.3, -0.25) is 4.79 Å². The molecular weight excluding hydrogens is 213 g/mol. The van der Waals surface area contributed by atoms with Gasteiger partial charge >= 0.3 is 0 Å². The number of thiophene rings is 1. The molecule has 0 aliphatic carbocycles. The summed E-state index contributed by atoms with van der Waals surface area (Å²) in [6.07, 6.45) is 0. The van der Waals surface area contributed by atoms with E-state index in [9.17, 15) is 9.18 Å². The lowest BCUT2D eigenvalue weighted by Gasteiger charge is -2.02. The van der Waals surface area contributed by atoms with Gasteiger partial charge in [-0.1, -0.05) is 12.1 Å². The minimum atomic E-state index is -0.362. The van der Waals surface area contributed by atoms with Crippen molar-refractivity contribution >= 4 is 22.9 Å². The van der Waals surface area contributed by atoms with Gasteiger partial charge in [0, 0.05) is 5.69 Å². The van der Waals surface area contributed by atoms with Crippen molar-refractivity contribution in [1.82, 2.24) is 0 Å². The van der Waals surface area contributed by atoms with Crippen LogP contribution in [0.2, 0.25) is 0 Å². The second kappa shape index (κ2) is 4.23. The molecule has 1 heterocycles. The van der Waals surface area contributed by atoms with Crippen LogP contribution in [0.1, 0.15) is 9.67 Å². The van der Waals surface area contributed by atoms with Crippen molar-refractivity contribution in [1.29, 1.82) is 0 Å². The highest BCUT2D eigenvalue weighted by Gasteiger charge is 2.06. The Morgan fingerprint density at radius 2 is 2.13 bits per heavy atom. The van der Waals surface area contributed by atoms with Gasteiger partial charge in [0.2, 0.25) is 0 Å². The van der Waals surface area contributed by atoms with E-state index in [0.29, 0.717) is 10.6 Å². The van der Waals surface area contributed by atoms with Crippen LogP contribution in [-0.4, -0.2) is 5.91 Å². The average Bonchev–Trinajstić information content (AvgIpc) is 2.70. The number of nitrogens with one attached hydrogen (secondary N) is 1. The number of carbonyl (C=O) groups is 1. The summed E-state index contributed by atoms with van der Waals surface area (Å²) in [5.41, 5.74) is 0.466. The largest absolute Gasteiger partial charge is 0.321 e. The molecule has 0 aliphatic rings.